The molecule has 1 saturated heterocycles. The summed E-state index contributed by atoms with van der Waals surface area (Å²) in [7, 11) is 1.99. The third-order valence-electron chi connectivity index (χ3n) is 6.96. The number of rotatable bonds is 7. The molecule has 0 radical (unpaired) electrons. The second kappa shape index (κ2) is 9.97. The smallest absolute Gasteiger partial charge is 0.343 e. The zero-order chi connectivity index (χ0) is 23.3. The van der Waals surface area contributed by atoms with Gasteiger partial charge in [-0.15, -0.1) is 0 Å². The van der Waals surface area contributed by atoms with Gasteiger partial charge in [-0.05, 0) is 30.9 Å². The van der Waals surface area contributed by atoms with Gasteiger partial charge < -0.3 is 14.3 Å². The number of amides is 1. The molecule has 1 aromatic heterocycles. The minimum absolute atomic E-state index is 0.145. The van der Waals surface area contributed by atoms with Gasteiger partial charge in [0.25, 0.3) is 5.91 Å². The van der Waals surface area contributed by atoms with Crippen LogP contribution in [0.15, 0.2) is 48.8 Å². The van der Waals surface area contributed by atoms with Gasteiger partial charge in [-0.3, -0.25) is 10.1 Å². The summed E-state index contributed by atoms with van der Waals surface area (Å²) in [6, 6.07) is 10.8. The van der Waals surface area contributed by atoms with E-state index in [2.05, 4.69) is 15.3 Å². The summed E-state index contributed by atoms with van der Waals surface area (Å²) in [4.78, 5) is 34.1. The highest BCUT2D eigenvalue weighted by Gasteiger charge is 2.49. The van der Waals surface area contributed by atoms with Crippen LogP contribution in [0.5, 0.6) is 0 Å². The highest BCUT2D eigenvalue weighted by atomic mass is 16.6. The number of hydrogen-bond donors (Lipinski definition) is 2. The van der Waals surface area contributed by atoms with Gasteiger partial charge in [0.2, 0.25) is 5.95 Å². The molecule has 1 aromatic carbocycles. The number of aromatic nitrogens is 2. The Bertz CT molecular complexity index is 951. The van der Waals surface area contributed by atoms with E-state index in [0.717, 1.165) is 45.1 Å². The van der Waals surface area contributed by atoms with Crippen LogP contribution in [0.4, 0.5) is 5.95 Å². The summed E-state index contributed by atoms with van der Waals surface area (Å²) in [5.41, 5.74) is -1.04. The van der Waals surface area contributed by atoms with Crippen LogP contribution in [0, 0.1) is 5.92 Å². The predicted molar refractivity (Wildman–Crippen MR) is 123 cm³/mol. The molecule has 4 rings (SSSR count). The zero-order valence-corrected chi connectivity index (χ0v) is 19.2. The van der Waals surface area contributed by atoms with E-state index in [0.29, 0.717) is 16.6 Å². The molecule has 3 atom stereocenters. The Balaban J connectivity index is 1.43. The fourth-order valence-electron chi connectivity index (χ4n) is 5.29. The molecule has 1 aliphatic carbocycles. The van der Waals surface area contributed by atoms with E-state index in [1.54, 1.807) is 30.6 Å². The van der Waals surface area contributed by atoms with Crippen molar-refractivity contribution in [1.29, 1.82) is 0 Å². The van der Waals surface area contributed by atoms with E-state index < -0.39 is 11.6 Å². The van der Waals surface area contributed by atoms with E-state index in [1.807, 2.05) is 25.2 Å². The summed E-state index contributed by atoms with van der Waals surface area (Å²) in [5, 5.41) is 14.4. The Labute approximate surface area is 194 Å². The molecule has 2 unspecified atom stereocenters. The van der Waals surface area contributed by atoms with Crippen molar-refractivity contribution >= 4 is 17.8 Å². The maximum absolute atomic E-state index is 13.4. The number of benzene rings is 1. The van der Waals surface area contributed by atoms with Crippen LogP contribution in [0.25, 0.3) is 0 Å². The number of carbonyl (C=O) groups excluding carboxylic acids is 2. The van der Waals surface area contributed by atoms with Crippen LogP contribution in [0.1, 0.15) is 44.1 Å². The Morgan fingerprint density at radius 3 is 2.48 bits per heavy atom. The molecule has 176 valence electrons. The van der Waals surface area contributed by atoms with Gasteiger partial charge in [-0.1, -0.05) is 43.2 Å². The molecular formula is C25H33N4O4+. The van der Waals surface area contributed by atoms with Crippen molar-refractivity contribution in [3.05, 3.63) is 54.4 Å². The lowest BCUT2D eigenvalue weighted by Gasteiger charge is -2.41. The molecule has 8 heteroatoms. The second-order valence-electron chi connectivity index (χ2n) is 9.59. The standard InChI is InChI=1S/C25H32N4O4/c1-29(18-22(30)28-24-26-14-8-15-27-24)16-7-13-21(17-29)33-23(31)25(32,20-11-5-6-12-20)19-9-3-2-4-10-19/h2-4,8-10,14-15,20-21,32H,5-7,11-13,16-18H2,1H3/p+1/t21?,25?,29-/m1/s1. The maximum atomic E-state index is 13.4. The number of anilines is 1. The summed E-state index contributed by atoms with van der Waals surface area (Å²) < 4.78 is 6.41. The lowest BCUT2D eigenvalue weighted by molar-refractivity contribution is -0.909. The van der Waals surface area contributed by atoms with Crippen LogP contribution in [-0.4, -0.2) is 64.2 Å². The minimum atomic E-state index is -1.64. The minimum Gasteiger partial charge on any atom is -0.454 e. The van der Waals surface area contributed by atoms with Crippen molar-refractivity contribution in [2.24, 2.45) is 5.92 Å². The Morgan fingerprint density at radius 2 is 1.79 bits per heavy atom. The van der Waals surface area contributed by atoms with Crippen LogP contribution < -0.4 is 5.32 Å². The van der Waals surface area contributed by atoms with Gasteiger partial charge in [-0.25, -0.2) is 14.8 Å². The van der Waals surface area contributed by atoms with Gasteiger partial charge in [0.1, 0.15) is 6.54 Å². The third kappa shape index (κ3) is 5.39. The van der Waals surface area contributed by atoms with Crippen molar-refractivity contribution in [2.45, 2.75) is 50.2 Å². The van der Waals surface area contributed by atoms with E-state index >= 15 is 0 Å². The van der Waals surface area contributed by atoms with Gasteiger partial charge in [0, 0.05) is 24.7 Å². The number of quaternary nitrogens is 1. The topological polar surface area (TPSA) is 101 Å². The van der Waals surface area contributed by atoms with Crippen molar-refractivity contribution in [3.63, 3.8) is 0 Å². The molecule has 2 fully saturated rings. The summed E-state index contributed by atoms with van der Waals surface area (Å²) in [6.45, 7) is 1.56. The van der Waals surface area contributed by atoms with Gasteiger partial charge >= 0.3 is 5.97 Å². The van der Waals surface area contributed by atoms with E-state index in [9.17, 15) is 14.7 Å². The Kier molecular flexibility index (Phi) is 7.05. The van der Waals surface area contributed by atoms with Crippen LogP contribution >= 0.6 is 0 Å². The van der Waals surface area contributed by atoms with Crippen molar-refractivity contribution < 1.29 is 23.9 Å². The molecule has 2 heterocycles. The number of likely N-dealkylation sites (tertiary alicyclic amines) is 1. The van der Waals surface area contributed by atoms with Gasteiger partial charge in [0.15, 0.2) is 18.2 Å². The van der Waals surface area contributed by atoms with Crippen LogP contribution in [-0.2, 0) is 19.9 Å². The Morgan fingerprint density at radius 1 is 1.09 bits per heavy atom. The molecular weight excluding hydrogens is 420 g/mol. The summed E-state index contributed by atoms with van der Waals surface area (Å²) in [5.74, 6) is -0.615. The fraction of sp³-hybridized carbons (Fsp3) is 0.520. The number of hydrogen-bond acceptors (Lipinski definition) is 6. The maximum Gasteiger partial charge on any atom is 0.343 e. The first-order valence-corrected chi connectivity index (χ1v) is 11.8. The highest BCUT2D eigenvalue weighted by molar-refractivity contribution is 5.89. The third-order valence-corrected chi connectivity index (χ3v) is 6.96. The largest absolute Gasteiger partial charge is 0.454 e. The van der Waals surface area contributed by atoms with Crippen LogP contribution in [0.2, 0.25) is 0 Å². The SMILES string of the molecule is C[N@@+]1(CC(=O)Nc2ncccn2)CCCC(OC(=O)C(O)(c2ccccc2)C2CCCC2)C1. The molecule has 2 N–H and O–H groups in total. The van der Waals surface area contributed by atoms with E-state index in [4.69, 9.17) is 4.74 Å². The average Bonchev–Trinajstić information content (AvgIpc) is 3.35. The van der Waals surface area contributed by atoms with E-state index in [1.165, 1.54) is 0 Å². The molecule has 1 saturated carbocycles. The number of ether oxygens (including phenoxy) is 1. The fourth-order valence-corrected chi connectivity index (χ4v) is 5.29. The number of nitrogens with zero attached hydrogens (tertiary/aromatic N) is 3. The lowest BCUT2D eigenvalue weighted by atomic mass is 9.80. The number of esters is 1. The quantitative estimate of drug-likeness (QED) is 0.494. The highest BCUT2D eigenvalue weighted by Crippen LogP contribution is 2.42. The van der Waals surface area contributed by atoms with Crippen molar-refractivity contribution in [3.8, 4) is 0 Å². The molecule has 0 bridgehead atoms. The first kappa shape index (κ1) is 23.3. The predicted octanol–water partition coefficient (Wildman–Crippen LogP) is 2.65. The van der Waals surface area contributed by atoms with Crippen molar-refractivity contribution in [2.75, 3.05) is 32.0 Å². The molecule has 2 aromatic rings. The second-order valence-corrected chi connectivity index (χ2v) is 9.59. The number of nitrogens with one attached hydrogen (secondary N) is 1. The molecule has 2 aliphatic rings. The first-order valence-electron chi connectivity index (χ1n) is 11.8. The number of carbonyl (C=O) groups is 2. The molecule has 1 amide bonds. The molecule has 8 nitrogen and oxygen atoms in total. The zero-order valence-electron chi connectivity index (χ0n) is 19.2. The summed E-state index contributed by atoms with van der Waals surface area (Å²) in [6.07, 6.45) is 7.98. The number of likely N-dealkylation sites (N-methyl/N-ethyl adjacent to an activating group) is 1. The van der Waals surface area contributed by atoms with E-state index in [-0.39, 0.29) is 30.4 Å². The lowest BCUT2D eigenvalue weighted by Crippen LogP contribution is -2.57. The molecule has 1 aliphatic heterocycles. The van der Waals surface area contributed by atoms with Crippen molar-refractivity contribution in [1.82, 2.24) is 9.97 Å². The molecule has 33 heavy (non-hydrogen) atoms. The first-order chi connectivity index (χ1) is 15.9. The Hall–Kier alpha value is -2.84. The number of aliphatic hydroxyl groups is 1. The number of piperidine rings is 1. The van der Waals surface area contributed by atoms with Crippen LogP contribution in [0.3, 0.4) is 0 Å². The molecule has 0 spiro atoms. The monoisotopic (exact) mass is 453 g/mol. The van der Waals surface area contributed by atoms with Gasteiger partial charge in [0.05, 0.1) is 13.6 Å². The average molecular weight is 454 g/mol. The van der Waals surface area contributed by atoms with Gasteiger partial charge in [-0.2, -0.15) is 0 Å². The summed E-state index contributed by atoms with van der Waals surface area (Å²) >= 11 is 0. The normalized spacial score (nSPS) is 25.2.